The van der Waals surface area contributed by atoms with Crippen LogP contribution in [0.15, 0.2) is 39.5 Å². The van der Waals surface area contributed by atoms with Crippen molar-refractivity contribution in [1.82, 2.24) is 4.90 Å². The highest BCUT2D eigenvalue weighted by Gasteiger charge is 2.22. The van der Waals surface area contributed by atoms with Crippen molar-refractivity contribution in [2.24, 2.45) is 0 Å². The van der Waals surface area contributed by atoms with Crippen LogP contribution in [0.2, 0.25) is 0 Å². The van der Waals surface area contributed by atoms with Crippen LogP contribution in [0.4, 0.5) is 4.39 Å². The first kappa shape index (κ1) is 19.6. The van der Waals surface area contributed by atoms with Gasteiger partial charge in [0, 0.05) is 6.54 Å². The maximum atomic E-state index is 13.4. The van der Waals surface area contributed by atoms with E-state index in [9.17, 15) is 14.3 Å². The fourth-order valence-electron chi connectivity index (χ4n) is 4.26. The van der Waals surface area contributed by atoms with Crippen LogP contribution >= 0.6 is 0 Å². The number of piperidine rings is 1. The lowest BCUT2D eigenvalue weighted by Gasteiger charge is -2.27. The van der Waals surface area contributed by atoms with Gasteiger partial charge >= 0.3 is 0 Å². The van der Waals surface area contributed by atoms with Crippen LogP contribution in [-0.4, -0.2) is 23.1 Å². The number of aromatic hydroxyl groups is 1. The predicted octanol–water partition coefficient (Wildman–Crippen LogP) is 5.16. The van der Waals surface area contributed by atoms with Gasteiger partial charge in [-0.3, -0.25) is 9.69 Å². The largest absolute Gasteiger partial charge is 0.507 e. The van der Waals surface area contributed by atoms with E-state index in [1.807, 2.05) is 6.92 Å². The van der Waals surface area contributed by atoms with Crippen LogP contribution in [-0.2, 0) is 13.0 Å². The second kappa shape index (κ2) is 7.99. The van der Waals surface area contributed by atoms with Crippen molar-refractivity contribution in [2.45, 2.75) is 46.1 Å². The highest BCUT2D eigenvalue weighted by Crippen LogP contribution is 2.34. The van der Waals surface area contributed by atoms with Crippen molar-refractivity contribution in [3.8, 4) is 16.9 Å². The number of hydrogen-bond acceptors (Lipinski definition) is 4. The summed E-state index contributed by atoms with van der Waals surface area (Å²) in [5.74, 6) is 0.346. The van der Waals surface area contributed by atoms with Gasteiger partial charge in [0.05, 0.1) is 16.5 Å². The fourth-order valence-corrected chi connectivity index (χ4v) is 4.26. The fraction of sp³-hybridized carbons (Fsp3) is 0.375. The third kappa shape index (κ3) is 3.67. The van der Waals surface area contributed by atoms with E-state index in [1.54, 1.807) is 25.1 Å². The molecule has 4 nitrogen and oxygen atoms in total. The monoisotopic (exact) mass is 395 g/mol. The van der Waals surface area contributed by atoms with Gasteiger partial charge in [-0.25, -0.2) is 4.39 Å². The average molecular weight is 395 g/mol. The molecule has 4 rings (SSSR count). The summed E-state index contributed by atoms with van der Waals surface area (Å²) >= 11 is 0. The van der Waals surface area contributed by atoms with Gasteiger partial charge in [0.15, 0.2) is 0 Å². The standard InChI is InChI=1S/C24H26FNO3/c1-3-16-13-19-23(28)21(17-7-9-18(25)10-8-17)15(2)29-24(19)20(22(16)27)14-26-11-5-4-6-12-26/h7-10,13,27H,3-6,11-12,14H2,1-2H3. The lowest BCUT2D eigenvalue weighted by Crippen LogP contribution is -2.29. The lowest BCUT2D eigenvalue weighted by molar-refractivity contribution is 0.218. The smallest absolute Gasteiger partial charge is 0.200 e. The van der Waals surface area contributed by atoms with Gasteiger partial charge in [-0.15, -0.1) is 0 Å². The highest BCUT2D eigenvalue weighted by molar-refractivity contribution is 5.87. The molecule has 152 valence electrons. The number of phenols is 1. The van der Waals surface area contributed by atoms with Gasteiger partial charge in [-0.05, 0) is 68.6 Å². The van der Waals surface area contributed by atoms with E-state index >= 15 is 0 Å². The molecule has 1 fully saturated rings. The molecule has 29 heavy (non-hydrogen) atoms. The topological polar surface area (TPSA) is 53.7 Å². The van der Waals surface area contributed by atoms with Crippen LogP contribution in [0.3, 0.4) is 0 Å². The minimum Gasteiger partial charge on any atom is -0.507 e. The Hall–Kier alpha value is -2.66. The molecule has 1 N–H and O–H groups in total. The lowest BCUT2D eigenvalue weighted by atomic mass is 9.97. The quantitative estimate of drug-likeness (QED) is 0.663. The van der Waals surface area contributed by atoms with Crippen LogP contribution in [0.1, 0.15) is 43.1 Å². The Balaban J connectivity index is 1.92. The van der Waals surface area contributed by atoms with Gasteiger partial charge < -0.3 is 9.52 Å². The average Bonchev–Trinajstić information content (AvgIpc) is 2.72. The molecular weight excluding hydrogens is 369 g/mol. The molecule has 0 amide bonds. The third-order valence-corrected chi connectivity index (χ3v) is 5.85. The molecule has 1 aromatic heterocycles. The number of phenolic OH excluding ortho intramolecular Hbond substituents is 1. The Labute approximate surface area is 169 Å². The summed E-state index contributed by atoms with van der Waals surface area (Å²) in [6.45, 7) is 6.23. The van der Waals surface area contributed by atoms with Crippen molar-refractivity contribution in [3.05, 3.63) is 63.3 Å². The molecule has 0 bridgehead atoms. The molecule has 5 heteroatoms. The van der Waals surface area contributed by atoms with E-state index in [2.05, 4.69) is 4.90 Å². The second-order valence-electron chi connectivity index (χ2n) is 7.80. The van der Waals surface area contributed by atoms with Crippen molar-refractivity contribution in [1.29, 1.82) is 0 Å². The van der Waals surface area contributed by atoms with Crippen molar-refractivity contribution >= 4 is 11.0 Å². The first-order valence-electron chi connectivity index (χ1n) is 10.3. The number of hydrogen-bond donors (Lipinski definition) is 1. The molecule has 2 heterocycles. The Morgan fingerprint density at radius 1 is 1.14 bits per heavy atom. The van der Waals surface area contributed by atoms with Gasteiger partial charge in [-0.2, -0.15) is 0 Å². The van der Waals surface area contributed by atoms with Crippen molar-refractivity contribution in [2.75, 3.05) is 13.1 Å². The van der Waals surface area contributed by atoms with Crippen LogP contribution < -0.4 is 5.43 Å². The normalized spacial score (nSPS) is 15.1. The SMILES string of the molecule is CCc1cc2c(=O)c(-c3ccc(F)cc3)c(C)oc2c(CN2CCCCC2)c1O. The molecule has 0 radical (unpaired) electrons. The van der Waals surface area contributed by atoms with Gasteiger partial charge in [-0.1, -0.05) is 25.5 Å². The molecule has 2 aromatic carbocycles. The molecule has 0 aliphatic carbocycles. The number of aryl methyl sites for hydroxylation is 2. The first-order valence-corrected chi connectivity index (χ1v) is 10.3. The second-order valence-corrected chi connectivity index (χ2v) is 7.80. The van der Waals surface area contributed by atoms with Gasteiger partial charge in [0.1, 0.15) is 22.9 Å². The zero-order valence-corrected chi connectivity index (χ0v) is 16.9. The summed E-state index contributed by atoms with van der Waals surface area (Å²) in [5, 5.41) is 11.4. The Bertz CT molecular complexity index is 1100. The molecule has 3 aromatic rings. The number of nitrogens with zero attached hydrogens (tertiary/aromatic N) is 1. The summed E-state index contributed by atoms with van der Waals surface area (Å²) < 4.78 is 19.5. The molecule has 0 spiro atoms. The van der Waals surface area contributed by atoms with Crippen LogP contribution in [0, 0.1) is 12.7 Å². The maximum Gasteiger partial charge on any atom is 0.200 e. The van der Waals surface area contributed by atoms with E-state index in [0.29, 0.717) is 46.4 Å². The molecule has 1 aliphatic rings. The van der Waals surface area contributed by atoms with E-state index in [-0.39, 0.29) is 17.0 Å². The van der Waals surface area contributed by atoms with Crippen molar-refractivity contribution in [3.63, 3.8) is 0 Å². The summed E-state index contributed by atoms with van der Waals surface area (Å²) in [6.07, 6.45) is 4.13. The summed E-state index contributed by atoms with van der Waals surface area (Å²) in [6, 6.07) is 7.61. The molecule has 0 unspecified atom stereocenters. The molecule has 0 atom stereocenters. The van der Waals surface area contributed by atoms with Crippen LogP contribution in [0.25, 0.3) is 22.1 Å². The van der Waals surface area contributed by atoms with E-state index < -0.39 is 0 Å². The zero-order valence-electron chi connectivity index (χ0n) is 16.9. The van der Waals surface area contributed by atoms with E-state index in [1.165, 1.54) is 18.6 Å². The summed E-state index contributed by atoms with van der Waals surface area (Å²) in [4.78, 5) is 15.7. The van der Waals surface area contributed by atoms with Gasteiger partial charge in [0.25, 0.3) is 0 Å². The van der Waals surface area contributed by atoms with Gasteiger partial charge in [0.2, 0.25) is 5.43 Å². The number of likely N-dealkylation sites (tertiary alicyclic amines) is 1. The maximum absolute atomic E-state index is 13.4. The minimum absolute atomic E-state index is 0.148. The Morgan fingerprint density at radius 3 is 2.48 bits per heavy atom. The predicted molar refractivity (Wildman–Crippen MR) is 113 cm³/mol. The molecular formula is C24H26FNO3. The highest BCUT2D eigenvalue weighted by atomic mass is 19.1. The number of benzene rings is 2. The molecule has 0 saturated carbocycles. The Kier molecular flexibility index (Phi) is 5.41. The minimum atomic E-state index is -0.349. The molecule has 1 aliphatic heterocycles. The molecule has 1 saturated heterocycles. The van der Waals surface area contributed by atoms with Crippen molar-refractivity contribution < 1.29 is 13.9 Å². The first-order chi connectivity index (χ1) is 14.0. The van der Waals surface area contributed by atoms with Crippen LogP contribution in [0.5, 0.6) is 5.75 Å². The summed E-state index contributed by atoms with van der Waals surface area (Å²) in [5.41, 5.74) is 2.80. The van der Waals surface area contributed by atoms with E-state index in [0.717, 1.165) is 31.5 Å². The zero-order chi connectivity index (χ0) is 20.5. The number of fused-ring (bicyclic) bond motifs is 1. The Morgan fingerprint density at radius 2 is 1.83 bits per heavy atom. The summed E-state index contributed by atoms with van der Waals surface area (Å²) in [7, 11) is 0. The number of rotatable bonds is 4. The number of halogens is 1. The third-order valence-electron chi connectivity index (χ3n) is 5.85. The van der Waals surface area contributed by atoms with E-state index in [4.69, 9.17) is 4.42 Å².